The first-order chi connectivity index (χ1) is 16.1. The molecule has 1 aliphatic heterocycles. The van der Waals surface area contributed by atoms with E-state index >= 15 is 0 Å². The minimum Gasteiger partial charge on any atom is -0.383 e. The summed E-state index contributed by atoms with van der Waals surface area (Å²) in [6, 6.07) is 3.83. The maximum Gasteiger partial charge on any atom is 0.332 e. The summed E-state index contributed by atoms with van der Waals surface area (Å²) in [5.74, 6) is 1.82. The van der Waals surface area contributed by atoms with Crippen molar-refractivity contribution in [2.45, 2.75) is 50.1 Å². The van der Waals surface area contributed by atoms with Gasteiger partial charge in [0.1, 0.15) is 12.4 Å². The van der Waals surface area contributed by atoms with Gasteiger partial charge in [0.05, 0.1) is 18.5 Å². The van der Waals surface area contributed by atoms with E-state index in [0.717, 1.165) is 25.1 Å². The molecule has 0 aromatic carbocycles. The molecular weight excluding hydrogens is 422 g/mol. The molecule has 3 heterocycles. The summed E-state index contributed by atoms with van der Waals surface area (Å²) in [6.45, 7) is 0.839. The second kappa shape index (κ2) is 9.30. The molecule has 3 aliphatic rings. The van der Waals surface area contributed by atoms with E-state index in [1.807, 2.05) is 18.5 Å². The summed E-state index contributed by atoms with van der Waals surface area (Å²) < 4.78 is 5.01. The molecule has 5 rings (SSSR count). The number of carbonyl (C=O) groups is 2. The van der Waals surface area contributed by atoms with E-state index in [0.29, 0.717) is 36.7 Å². The maximum atomic E-state index is 12.5. The molecule has 1 saturated heterocycles. The molecule has 33 heavy (non-hydrogen) atoms. The predicted octanol–water partition coefficient (Wildman–Crippen LogP) is 2.61. The second-order valence-electron chi connectivity index (χ2n) is 8.94. The summed E-state index contributed by atoms with van der Waals surface area (Å²) in [5.41, 5.74) is 1.72. The summed E-state index contributed by atoms with van der Waals surface area (Å²) in [4.78, 5) is 40.9. The lowest BCUT2D eigenvalue weighted by Gasteiger charge is -2.18. The van der Waals surface area contributed by atoms with Gasteiger partial charge in [-0.2, -0.15) is 0 Å². The molecule has 174 valence electrons. The van der Waals surface area contributed by atoms with Gasteiger partial charge in [-0.3, -0.25) is 4.79 Å². The second-order valence-corrected chi connectivity index (χ2v) is 8.94. The molecule has 10 heteroatoms. The Morgan fingerprint density at radius 2 is 1.76 bits per heavy atom. The Balaban J connectivity index is 1.13. The highest BCUT2D eigenvalue weighted by molar-refractivity contribution is 6.19. The van der Waals surface area contributed by atoms with E-state index in [1.165, 1.54) is 28.2 Å². The fourth-order valence-electron chi connectivity index (χ4n) is 4.46. The number of carbonyl (C=O) groups excluding carboxylic acids is 2. The third-order valence-corrected chi connectivity index (χ3v) is 6.45. The summed E-state index contributed by atoms with van der Waals surface area (Å²) in [7, 11) is 1.57. The first kappa shape index (κ1) is 21.6. The lowest BCUT2D eigenvalue weighted by Crippen LogP contribution is -2.34. The van der Waals surface area contributed by atoms with Crippen molar-refractivity contribution < 1.29 is 14.3 Å². The number of imide groups is 1. The number of rotatable bonds is 9. The fourth-order valence-corrected chi connectivity index (χ4v) is 4.46. The largest absolute Gasteiger partial charge is 0.383 e. The molecule has 10 nitrogen and oxygen atoms in total. The fraction of sp³-hybridized carbons (Fsp3) is 0.522. The van der Waals surface area contributed by atoms with Crippen LogP contribution in [0.25, 0.3) is 0 Å². The molecule has 0 radical (unpaired) electrons. The van der Waals surface area contributed by atoms with Crippen molar-refractivity contribution in [3.63, 3.8) is 0 Å². The molecule has 3 amide bonds. The van der Waals surface area contributed by atoms with E-state index in [2.05, 4.69) is 25.6 Å². The van der Waals surface area contributed by atoms with Gasteiger partial charge in [0.25, 0.3) is 5.91 Å². The molecular formula is C23H29N7O3. The zero-order valence-corrected chi connectivity index (χ0v) is 18.7. The molecule has 0 bridgehead atoms. The first-order valence-corrected chi connectivity index (χ1v) is 11.5. The van der Waals surface area contributed by atoms with Gasteiger partial charge >= 0.3 is 6.03 Å². The number of pyridine rings is 1. The molecule has 3 fully saturated rings. The maximum absolute atomic E-state index is 12.5. The number of anilines is 3. The van der Waals surface area contributed by atoms with Crippen LogP contribution >= 0.6 is 0 Å². The van der Waals surface area contributed by atoms with Crippen LogP contribution < -0.4 is 15.5 Å². The number of ether oxygens (including phenoxy) is 1. The normalized spacial score (nSPS) is 22.8. The Hall–Kier alpha value is -3.27. The number of urea groups is 1. The zero-order valence-electron chi connectivity index (χ0n) is 18.7. The number of amides is 3. The minimum absolute atomic E-state index is 0.0612. The Kier molecular flexibility index (Phi) is 6.08. The molecule has 2 N–H and O–H groups in total. The molecule has 2 saturated carbocycles. The number of nitrogens with one attached hydrogen (secondary N) is 2. The lowest BCUT2D eigenvalue weighted by molar-refractivity contribution is -0.116. The molecule has 0 spiro atoms. The minimum atomic E-state index is -0.336. The number of hydrogen-bond acceptors (Lipinski definition) is 8. The average molecular weight is 452 g/mol. The van der Waals surface area contributed by atoms with Crippen molar-refractivity contribution in [2.75, 3.05) is 42.3 Å². The molecule has 2 aromatic heterocycles. The third kappa shape index (κ3) is 4.90. The average Bonchev–Trinajstić information content (AvgIpc) is 3.52. The van der Waals surface area contributed by atoms with Crippen LogP contribution in [0.1, 0.15) is 43.6 Å². The van der Waals surface area contributed by atoms with Gasteiger partial charge in [-0.05, 0) is 55.7 Å². The highest BCUT2D eigenvalue weighted by Gasteiger charge is 2.37. The van der Waals surface area contributed by atoms with E-state index in [4.69, 9.17) is 4.74 Å². The topological polar surface area (TPSA) is 113 Å². The van der Waals surface area contributed by atoms with Gasteiger partial charge in [0.2, 0.25) is 5.95 Å². The van der Waals surface area contributed by atoms with E-state index < -0.39 is 0 Å². The Morgan fingerprint density at radius 3 is 2.42 bits per heavy atom. The van der Waals surface area contributed by atoms with Crippen molar-refractivity contribution in [3.05, 3.63) is 36.3 Å². The van der Waals surface area contributed by atoms with Crippen LogP contribution in [0.3, 0.4) is 0 Å². The van der Waals surface area contributed by atoms with Gasteiger partial charge in [-0.15, -0.1) is 0 Å². The van der Waals surface area contributed by atoms with E-state index in [-0.39, 0.29) is 24.5 Å². The number of hydrogen-bond donors (Lipinski definition) is 2. The van der Waals surface area contributed by atoms with Crippen LogP contribution in [0.4, 0.5) is 22.2 Å². The van der Waals surface area contributed by atoms with Gasteiger partial charge in [0.15, 0.2) is 0 Å². The number of methoxy groups -OCH3 is 1. The predicted molar refractivity (Wildman–Crippen MR) is 123 cm³/mol. The molecule has 2 aliphatic carbocycles. The van der Waals surface area contributed by atoms with Crippen molar-refractivity contribution in [3.8, 4) is 0 Å². The molecule has 2 aromatic rings. The van der Waals surface area contributed by atoms with Crippen LogP contribution in [0.2, 0.25) is 0 Å². The van der Waals surface area contributed by atoms with Crippen molar-refractivity contribution >= 4 is 29.4 Å². The Labute approximate surface area is 192 Å². The van der Waals surface area contributed by atoms with Gasteiger partial charge in [0, 0.05) is 38.1 Å². The van der Waals surface area contributed by atoms with Gasteiger partial charge in [-0.25, -0.2) is 24.6 Å². The van der Waals surface area contributed by atoms with Crippen molar-refractivity contribution in [1.82, 2.24) is 19.9 Å². The highest BCUT2D eigenvalue weighted by atomic mass is 16.5. The van der Waals surface area contributed by atoms with Crippen LogP contribution in [0.5, 0.6) is 0 Å². The summed E-state index contributed by atoms with van der Waals surface area (Å²) in [6.07, 6.45) is 10.9. The number of aromatic nitrogens is 3. The summed E-state index contributed by atoms with van der Waals surface area (Å²) >= 11 is 0. The Morgan fingerprint density at radius 1 is 1.00 bits per heavy atom. The summed E-state index contributed by atoms with van der Waals surface area (Å²) in [5, 5.41) is 6.90. The lowest BCUT2D eigenvalue weighted by atomic mass is 10.2. The van der Waals surface area contributed by atoms with Gasteiger partial charge < -0.3 is 20.3 Å². The first-order valence-electron chi connectivity index (χ1n) is 11.5. The van der Waals surface area contributed by atoms with Crippen molar-refractivity contribution in [2.24, 2.45) is 0 Å². The molecule has 2 atom stereocenters. The smallest absolute Gasteiger partial charge is 0.332 e. The van der Waals surface area contributed by atoms with Crippen molar-refractivity contribution in [1.29, 1.82) is 0 Å². The van der Waals surface area contributed by atoms with Crippen LogP contribution in [-0.2, 0) is 9.53 Å². The number of nitrogens with zero attached hydrogens (tertiary/aromatic N) is 5. The van der Waals surface area contributed by atoms with Crippen LogP contribution in [0.15, 0.2) is 30.7 Å². The third-order valence-electron chi connectivity index (χ3n) is 6.45. The van der Waals surface area contributed by atoms with Crippen LogP contribution in [-0.4, -0.2) is 70.7 Å². The highest BCUT2D eigenvalue weighted by Crippen LogP contribution is 2.39. The SMILES string of the molecule is COCCN1CC(=O)N(c2ccc(NC3CC[C@H](Nc4ncc(C5CC5)cn4)C3)nc2)C1=O. The van der Waals surface area contributed by atoms with Crippen LogP contribution in [0, 0.1) is 0 Å². The molecule has 1 unspecified atom stereocenters. The Bertz CT molecular complexity index is 994. The van der Waals surface area contributed by atoms with Gasteiger partial charge in [-0.1, -0.05) is 0 Å². The quantitative estimate of drug-likeness (QED) is 0.560. The monoisotopic (exact) mass is 451 g/mol. The standard InChI is InChI=1S/C23H29N7O3/c1-33-9-8-29-14-21(31)30(23(29)32)19-6-7-20(24-13-19)27-17-4-5-18(10-17)28-22-25-11-16(12-26-22)15-2-3-15/h6-7,11-13,15,17-18H,2-5,8-10,14H2,1H3,(H,24,27)(H,25,26,28)/t17?,18-/m0/s1. The van der Waals surface area contributed by atoms with E-state index in [9.17, 15) is 9.59 Å². The zero-order chi connectivity index (χ0) is 22.8. The van der Waals surface area contributed by atoms with E-state index in [1.54, 1.807) is 19.4 Å².